The highest BCUT2D eigenvalue weighted by molar-refractivity contribution is 5.75. The van der Waals surface area contributed by atoms with Crippen molar-refractivity contribution in [3.05, 3.63) is 0 Å². The molecule has 0 aromatic rings. The van der Waals surface area contributed by atoms with Crippen molar-refractivity contribution in [2.45, 2.75) is 60.8 Å². The smallest absolute Gasteiger partial charge is 0.344 e. The number of unbranched alkanes of at least 4 members (excludes halogenated alkanes) is 1. The van der Waals surface area contributed by atoms with Crippen LogP contribution in [0.4, 0.5) is 0 Å². The number of ether oxygens (including phenoxy) is 2. The quantitative estimate of drug-likeness (QED) is 0.527. The van der Waals surface area contributed by atoms with Crippen LogP contribution < -0.4 is 0 Å². The lowest BCUT2D eigenvalue weighted by Crippen LogP contribution is -2.29. The van der Waals surface area contributed by atoms with Gasteiger partial charge in [0, 0.05) is 6.92 Å². The van der Waals surface area contributed by atoms with Gasteiger partial charge in [0.05, 0.1) is 6.61 Å². The van der Waals surface area contributed by atoms with Gasteiger partial charge in [0.2, 0.25) is 0 Å². The molecular formula is C15H28O4. The molecule has 0 saturated carbocycles. The summed E-state index contributed by atoms with van der Waals surface area (Å²) in [6.45, 7) is 12.6. The lowest BCUT2D eigenvalue weighted by Gasteiger charge is -2.39. The van der Waals surface area contributed by atoms with E-state index in [1.807, 2.05) is 0 Å². The molecule has 0 saturated heterocycles. The summed E-state index contributed by atoms with van der Waals surface area (Å²) >= 11 is 0. The van der Waals surface area contributed by atoms with Crippen molar-refractivity contribution in [2.24, 2.45) is 10.8 Å². The summed E-state index contributed by atoms with van der Waals surface area (Å²) in [6, 6.07) is 0. The zero-order valence-electron chi connectivity index (χ0n) is 13.2. The van der Waals surface area contributed by atoms with E-state index in [-0.39, 0.29) is 17.4 Å². The van der Waals surface area contributed by atoms with Crippen molar-refractivity contribution in [3.8, 4) is 0 Å². The van der Waals surface area contributed by atoms with Gasteiger partial charge in [-0.3, -0.25) is 4.79 Å². The molecule has 0 N–H and O–H groups in total. The zero-order chi connectivity index (χ0) is 15.1. The van der Waals surface area contributed by atoms with Gasteiger partial charge in [-0.25, -0.2) is 4.79 Å². The highest BCUT2D eigenvalue weighted by Gasteiger charge is 2.31. The fourth-order valence-electron chi connectivity index (χ4n) is 1.43. The second-order valence-corrected chi connectivity index (χ2v) is 6.59. The van der Waals surface area contributed by atoms with Crippen LogP contribution in [0.25, 0.3) is 0 Å². The van der Waals surface area contributed by atoms with Crippen molar-refractivity contribution < 1.29 is 19.1 Å². The molecule has 0 aromatic heterocycles. The van der Waals surface area contributed by atoms with Crippen molar-refractivity contribution >= 4 is 11.9 Å². The van der Waals surface area contributed by atoms with E-state index in [1.165, 1.54) is 6.92 Å². The van der Waals surface area contributed by atoms with Crippen molar-refractivity contribution in [2.75, 3.05) is 13.2 Å². The van der Waals surface area contributed by atoms with Crippen molar-refractivity contribution in [3.63, 3.8) is 0 Å². The Bertz CT molecular complexity index is 300. The Balaban J connectivity index is 3.71. The molecule has 19 heavy (non-hydrogen) atoms. The summed E-state index contributed by atoms with van der Waals surface area (Å²) in [7, 11) is 0. The Morgan fingerprint density at radius 1 is 0.947 bits per heavy atom. The molecule has 0 aliphatic carbocycles. The van der Waals surface area contributed by atoms with Crippen LogP contribution in [-0.4, -0.2) is 25.2 Å². The van der Waals surface area contributed by atoms with Crippen LogP contribution in [0.2, 0.25) is 0 Å². The Morgan fingerprint density at radius 3 is 2.00 bits per heavy atom. The predicted octanol–water partition coefficient (Wildman–Crippen LogP) is 3.34. The molecule has 112 valence electrons. The summed E-state index contributed by atoms with van der Waals surface area (Å²) < 4.78 is 9.52. The maximum Gasteiger partial charge on any atom is 0.344 e. The van der Waals surface area contributed by atoms with Gasteiger partial charge in [0.15, 0.2) is 6.61 Å². The van der Waals surface area contributed by atoms with E-state index in [0.29, 0.717) is 6.61 Å². The van der Waals surface area contributed by atoms with Gasteiger partial charge in [-0.2, -0.15) is 0 Å². The van der Waals surface area contributed by atoms with E-state index in [2.05, 4.69) is 39.4 Å². The van der Waals surface area contributed by atoms with Crippen LogP contribution in [-0.2, 0) is 19.1 Å². The molecular weight excluding hydrogens is 244 g/mol. The summed E-state index contributed by atoms with van der Waals surface area (Å²) in [5.74, 6) is -0.950. The fraction of sp³-hybridized carbons (Fsp3) is 0.867. The molecule has 0 fully saturated rings. The average molecular weight is 272 g/mol. The van der Waals surface area contributed by atoms with Gasteiger partial charge in [0.1, 0.15) is 0 Å². The molecule has 0 aromatic carbocycles. The van der Waals surface area contributed by atoms with Gasteiger partial charge in [0.25, 0.3) is 0 Å². The molecule has 0 radical (unpaired) electrons. The number of esters is 2. The molecule has 0 unspecified atom stereocenters. The van der Waals surface area contributed by atoms with Crippen LogP contribution >= 0.6 is 0 Å². The minimum absolute atomic E-state index is 0.259. The number of carbonyl (C=O) groups is 2. The molecule has 0 aliphatic rings. The number of hydrogen-bond donors (Lipinski definition) is 0. The predicted molar refractivity (Wildman–Crippen MR) is 74.7 cm³/mol. The van der Waals surface area contributed by atoms with Gasteiger partial charge in [-0.1, -0.05) is 34.6 Å². The normalized spacial score (nSPS) is 12.1. The van der Waals surface area contributed by atoms with E-state index in [4.69, 9.17) is 4.74 Å². The number of carbonyl (C=O) groups excluding carboxylic acids is 2. The van der Waals surface area contributed by atoms with E-state index in [9.17, 15) is 9.59 Å². The SMILES string of the molecule is CC(=O)OCC(=O)OCCCCC(C)(C)C(C)(C)C. The van der Waals surface area contributed by atoms with Crippen LogP contribution in [0, 0.1) is 10.8 Å². The first kappa shape index (κ1) is 17.9. The Hall–Kier alpha value is -1.06. The standard InChI is InChI=1S/C15H28O4/c1-12(16)19-11-13(17)18-10-8-7-9-15(5,6)14(2,3)4/h7-11H2,1-6H3. The van der Waals surface area contributed by atoms with Gasteiger partial charge in [-0.15, -0.1) is 0 Å². The largest absolute Gasteiger partial charge is 0.463 e. The molecule has 0 bridgehead atoms. The maximum atomic E-state index is 11.2. The number of hydrogen-bond acceptors (Lipinski definition) is 4. The third-order valence-corrected chi connectivity index (χ3v) is 3.88. The third kappa shape index (κ3) is 7.85. The van der Waals surface area contributed by atoms with Crippen LogP contribution in [0.5, 0.6) is 0 Å². The van der Waals surface area contributed by atoms with Crippen molar-refractivity contribution in [1.82, 2.24) is 0 Å². The molecule has 4 nitrogen and oxygen atoms in total. The second-order valence-electron chi connectivity index (χ2n) is 6.59. The highest BCUT2D eigenvalue weighted by Crippen LogP contribution is 2.41. The first-order valence-corrected chi connectivity index (χ1v) is 6.85. The molecule has 0 atom stereocenters. The van der Waals surface area contributed by atoms with Crippen LogP contribution in [0.1, 0.15) is 60.8 Å². The summed E-state index contributed by atoms with van der Waals surface area (Å²) in [5, 5.41) is 0. The second kappa shape index (κ2) is 7.51. The first-order chi connectivity index (χ1) is 8.56. The number of rotatable bonds is 7. The minimum atomic E-state index is -0.481. The third-order valence-electron chi connectivity index (χ3n) is 3.88. The van der Waals surface area contributed by atoms with Crippen LogP contribution in [0.3, 0.4) is 0 Å². The molecule has 0 amide bonds. The zero-order valence-corrected chi connectivity index (χ0v) is 13.2. The van der Waals surface area contributed by atoms with Gasteiger partial charge in [-0.05, 0) is 30.1 Å². The molecule has 0 rings (SSSR count). The monoisotopic (exact) mass is 272 g/mol. The summed E-state index contributed by atoms with van der Waals surface area (Å²) in [6.07, 6.45) is 2.95. The van der Waals surface area contributed by atoms with Crippen LogP contribution in [0.15, 0.2) is 0 Å². The lowest BCUT2D eigenvalue weighted by atomic mass is 9.67. The topological polar surface area (TPSA) is 52.6 Å². The Labute approximate surface area is 116 Å². The van der Waals surface area contributed by atoms with Crippen molar-refractivity contribution in [1.29, 1.82) is 0 Å². The van der Waals surface area contributed by atoms with E-state index in [0.717, 1.165) is 19.3 Å². The maximum absolute atomic E-state index is 11.2. The molecule has 0 heterocycles. The molecule has 0 aliphatic heterocycles. The average Bonchev–Trinajstić information content (AvgIpc) is 2.24. The van der Waals surface area contributed by atoms with E-state index >= 15 is 0 Å². The Morgan fingerprint density at radius 2 is 1.53 bits per heavy atom. The van der Waals surface area contributed by atoms with E-state index in [1.54, 1.807) is 0 Å². The molecule has 4 heteroatoms. The Kier molecular flexibility index (Phi) is 7.09. The summed E-state index contributed by atoms with van der Waals surface area (Å²) in [5.41, 5.74) is 0.522. The minimum Gasteiger partial charge on any atom is -0.463 e. The first-order valence-electron chi connectivity index (χ1n) is 6.85. The van der Waals surface area contributed by atoms with Gasteiger partial charge < -0.3 is 9.47 Å². The summed E-state index contributed by atoms with van der Waals surface area (Å²) in [4.78, 5) is 21.7. The van der Waals surface area contributed by atoms with E-state index < -0.39 is 11.9 Å². The fourth-order valence-corrected chi connectivity index (χ4v) is 1.43. The van der Waals surface area contributed by atoms with Gasteiger partial charge >= 0.3 is 11.9 Å². The lowest BCUT2D eigenvalue weighted by molar-refractivity contribution is -0.157. The highest BCUT2D eigenvalue weighted by atomic mass is 16.6. The molecule has 0 spiro atoms.